The van der Waals surface area contributed by atoms with E-state index in [1.54, 1.807) is 11.1 Å². The van der Waals surface area contributed by atoms with Crippen LogP contribution in [0.4, 0.5) is 0 Å². The van der Waals surface area contributed by atoms with Crippen molar-refractivity contribution >= 4 is 17.8 Å². The van der Waals surface area contributed by atoms with Gasteiger partial charge in [-0.2, -0.15) is 11.8 Å². The molecular weight excluding hydrogens is 164 g/mol. The predicted molar refractivity (Wildman–Crippen MR) is 54.2 cm³/mol. The summed E-state index contributed by atoms with van der Waals surface area (Å²) in [7, 11) is 0. The SMILES string of the molecule is C1=Cc2cc3c(cc2C1)CSC3. The van der Waals surface area contributed by atoms with E-state index in [4.69, 9.17) is 0 Å². The van der Waals surface area contributed by atoms with Crippen molar-refractivity contribution in [2.45, 2.75) is 17.9 Å². The molecule has 0 nitrogen and oxygen atoms in total. The summed E-state index contributed by atoms with van der Waals surface area (Å²) in [5, 5.41) is 0. The number of hydrogen-bond acceptors (Lipinski definition) is 1. The molecule has 0 amide bonds. The Kier molecular flexibility index (Phi) is 1.36. The van der Waals surface area contributed by atoms with Crippen LogP contribution in [0.3, 0.4) is 0 Å². The molecule has 0 atom stereocenters. The van der Waals surface area contributed by atoms with Crippen LogP contribution in [-0.2, 0) is 17.9 Å². The molecule has 12 heavy (non-hydrogen) atoms. The van der Waals surface area contributed by atoms with E-state index in [1.807, 2.05) is 11.8 Å². The van der Waals surface area contributed by atoms with Crippen LogP contribution in [0.1, 0.15) is 22.3 Å². The molecular formula is C11H10S. The average Bonchev–Trinajstić information content (AvgIpc) is 2.64. The number of allylic oxidation sites excluding steroid dienone is 1. The zero-order chi connectivity index (χ0) is 7.97. The molecule has 1 heterocycles. The number of rotatable bonds is 0. The van der Waals surface area contributed by atoms with Gasteiger partial charge in [-0.15, -0.1) is 0 Å². The standard InChI is InChI=1S/C11H10S/c1-2-8-4-10-6-12-7-11(10)5-9(8)3-1/h1-2,4-5H,3,6-7H2. The molecule has 2 aliphatic rings. The second kappa shape index (κ2) is 2.40. The molecule has 0 radical (unpaired) electrons. The van der Waals surface area contributed by atoms with E-state index in [2.05, 4.69) is 24.3 Å². The van der Waals surface area contributed by atoms with Crippen molar-refractivity contribution in [1.29, 1.82) is 0 Å². The van der Waals surface area contributed by atoms with E-state index in [0.717, 1.165) is 6.42 Å². The first-order chi connectivity index (χ1) is 5.93. The molecule has 0 unspecified atom stereocenters. The van der Waals surface area contributed by atoms with Crippen LogP contribution in [0.25, 0.3) is 6.08 Å². The Bertz CT molecular complexity index is 363. The highest BCUT2D eigenvalue weighted by molar-refractivity contribution is 7.98. The molecule has 1 heteroatoms. The van der Waals surface area contributed by atoms with Gasteiger partial charge in [0.1, 0.15) is 0 Å². The Balaban J connectivity index is 2.23. The van der Waals surface area contributed by atoms with Gasteiger partial charge in [0.15, 0.2) is 0 Å². The zero-order valence-corrected chi connectivity index (χ0v) is 7.66. The predicted octanol–water partition coefficient (Wildman–Crippen LogP) is 3.00. The molecule has 1 aromatic rings. The monoisotopic (exact) mass is 174 g/mol. The minimum atomic E-state index is 1.15. The topological polar surface area (TPSA) is 0 Å². The third kappa shape index (κ3) is 0.862. The van der Waals surface area contributed by atoms with Gasteiger partial charge in [-0.3, -0.25) is 0 Å². The molecule has 0 aromatic heterocycles. The second-order valence-corrected chi connectivity index (χ2v) is 4.40. The van der Waals surface area contributed by atoms with Gasteiger partial charge in [0.05, 0.1) is 0 Å². The number of thioether (sulfide) groups is 1. The lowest BCUT2D eigenvalue weighted by molar-refractivity contribution is 1.25. The summed E-state index contributed by atoms with van der Waals surface area (Å²) in [6.45, 7) is 0. The molecule has 0 saturated carbocycles. The van der Waals surface area contributed by atoms with Crippen LogP contribution in [-0.4, -0.2) is 0 Å². The van der Waals surface area contributed by atoms with Gasteiger partial charge in [0.2, 0.25) is 0 Å². The first-order valence-electron chi connectivity index (χ1n) is 4.32. The van der Waals surface area contributed by atoms with Crippen molar-refractivity contribution in [3.05, 3.63) is 40.5 Å². The van der Waals surface area contributed by atoms with Gasteiger partial charge < -0.3 is 0 Å². The lowest BCUT2D eigenvalue weighted by atomic mass is 10.0. The van der Waals surface area contributed by atoms with E-state index in [0.29, 0.717) is 0 Å². The molecule has 0 N–H and O–H groups in total. The lowest BCUT2D eigenvalue weighted by Gasteiger charge is -2.02. The van der Waals surface area contributed by atoms with Crippen molar-refractivity contribution in [1.82, 2.24) is 0 Å². The van der Waals surface area contributed by atoms with Crippen LogP contribution < -0.4 is 0 Å². The van der Waals surface area contributed by atoms with Gasteiger partial charge in [-0.25, -0.2) is 0 Å². The van der Waals surface area contributed by atoms with Gasteiger partial charge >= 0.3 is 0 Å². The van der Waals surface area contributed by atoms with E-state index in [1.165, 1.54) is 22.6 Å². The Hall–Kier alpha value is -0.690. The summed E-state index contributed by atoms with van der Waals surface area (Å²) in [6.07, 6.45) is 5.65. The van der Waals surface area contributed by atoms with Gasteiger partial charge in [-0.1, -0.05) is 24.3 Å². The van der Waals surface area contributed by atoms with Crippen molar-refractivity contribution in [3.63, 3.8) is 0 Å². The highest BCUT2D eigenvalue weighted by Gasteiger charge is 2.14. The molecule has 60 valence electrons. The summed E-state index contributed by atoms with van der Waals surface area (Å²) in [5.41, 5.74) is 6.11. The normalized spacial score (nSPS) is 18.0. The molecule has 0 bridgehead atoms. The second-order valence-electron chi connectivity index (χ2n) is 3.42. The van der Waals surface area contributed by atoms with Crippen molar-refractivity contribution in [2.24, 2.45) is 0 Å². The Labute approximate surface area is 76.7 Å². The van der Waals surface area contributed by atoms with E-state index in [9.17, 15) is 0 Å². The fourth-order valence-electron chi connectivity index (χ4n) is 1.94. The number of benzene rings is 1. The zero-order valence-electron chi connectivity index (χ0n) is 6.84. The Morgan fingerprint density at radius 3 is 2.75 bits per heavy atom. The smallest absolute Gasteiger partial charge is 0.0191 e. The molecule has 0 saturated heterocycles. The fourth-order valence-corrected chi connectivity index (χ4v) is 3.02. The Morgan fingerprint density at radius 2 is 1.83 bits per heavy atom. The average molecular weight is 174 g/mol. The van der Waals surface area contributed by atoms with Crippen LogP contribution in [0.5, 0.6) is 0 Å². The largest absolute Gasteiger partial charge is 0.152 e. The van der Waals surface area contributed by atoms with E-state index in [-0.39, 0.29) is 0 Å². The number of fused-ring (bicyclic) bond motifs is 2. The van der Waals surface area contributed by atoms with Crippen LogP contribution >= 0.6 is 11.8 Å². The van der Waals surface area contributed by atoms with Gasteiger partial charge in [-0.05, 0) is 28.7 Å². The summed E-state index contributed by atoms with van der Waals surface area (Å²) < 4.78 is 0. The lowest BCUT2D eigenvalue weighted by Crippen LogP contribution is -1.88. The molecule has 3 rings (SSSR count). The maximum absolute atomic E-state index is 2.39. The molecule has 1 aliphatic carbocycles. The highest BCUT2D eigenvalue weighted by atomic mass is 32.2. The van der Waals surface area contributed by atoms with E-state index < -0.39 is 0 Å². The summed E-state index contributed by atoms with van der Waals surface area (Å²) in [4.78, 5) is 0. The van der Waals surface area contributed by atoms with Crippen molar-refractivity contribution in [3.8, 4) is 0 Å². The van der Waals surface area contributed by atoms with Crippen molar-refractivity contribution < 1.29 is 0 Å². The van der Waals surface area contributed by atoms with Gasteiger partial charge in [0.25, 0.3) is 0 Å². The first-order valence-corrected chi connectivity index (χ1v) is 5.48. The van der Waals surface area contributed by atoms with Crippen molar-refractivity contribution in [2.75, 3.05) is 0 Å². The third-order valence-corrected chi connectivity index (χ3v) is 3.64. The maximum Gasteiger partial charge on any atom is 0.0191 e. The molecule has 0 fully saturated rings. The van der Waals surface area contributed by atoms with Gasteiger partial charge in [0, 0.05) is 11.5 Å². The molecule has 1 aromatic carbocycles. The first kappa shape index (κ1) is 6.79. The molecule has 0 spiro atoms. The Morgan fingerprint density at radius 1 is 1.00 bits per heavy atom. The fraction of sp³-hybridized carbons (Fsp3) is 0.273. The third-order valence-electron chi connectivity index (χ3n) is 2.61. The highest BCUT2D eigenvalue weighted by Crippen LogP contribution is 2.33. The quantitative estimate of drug-likeness (QED) is 0.582. The van der Waals surface area contributed by atoms with E-state index >= 15 is 0 Å². The summed E-state index contributed by atoms with van der Waals surface area (Å²) >= 11 is 2.03. The summed E-state index contributed by atoms with van der Waals surface area (Å²) in [6, 6.07) is 4.76. The van der Waals surface area contributed by atoms with Crippen LogP contribution in [0.2, 0.25) is 0 Å². The number of hydrogen-bond donors (Lipinski definition) is 0. The van der Waals surface area contributed by atoms with Crippen LogP contribution in [0, 0.1) is 0 Å². The summed E-state index contributed by atoms with van der Waals surface area (Å²) in [5.74, 6) is 2.44. The minimum Gasteiger partial charge on any atom is -0.152 e. The van der Waals surface area contributed by atoms with Crippen LogP contribution in [0.15, 0.2) is 18.2 Å². The maximum atomic E-state index is 2.39. The molecule has 1 aliphatic heterocycles. The minimum absolute atomic E-state index is 1.15.